The zero-order chi connectivity index (χ0) is 28.8. The first-order valence-electron chi connectivity index (χ1n) is 13.2. The highest BCUT2D eigenvalue weighted by Gasteiger charge is 2.41. The quantitative estimate of drug-likeness (QED) is 0.139. The minimum Gasteiger partial charge on any atom is -0.598 e. The van der Waals surface area contributed by atoms with E-state index < -0.39 is 36.0 Å². The van der Waals surface area contributed by atoms with Crippen LogP contribution in [0.2, 0.25) is 25.7 Å². The second kappa shape index (κ2) is 14.3. The lowest BCUT2D eigenvalue weighted by molar-refractivity contribution is -0.177. The van der Waals surface area contributed by atoms with Gasteiger partial charge in [-0.3, -0.25) is 4.57 Å². The molecular weight excluding hydrogens is 672 g/mol. The summed E-state index contributed by atoms with van der Waals surface area (Å²) in [5.74, 6) is 0.472. The van der Waals surface area contributed by atoms with Crippen LogP contribution >= 0.6 is 31.9 Å². The molecule has 0 amide bonds. The number of imidazole rings is 1. The molecule has 10 nitrogen and oxygen atoms in total. The second-order valence-corrected chi connectivity index (χ2v) is 21.0. The lowest BCUT2D eigenvalue weighted by Crippen LogP contribution is -2.43. The predicted molar refractivity (Wildman–Crippen MR) is 160 cm³/mol. The average molecular weight is 715 g/mol. The van der Waals surface area contributed by atoms with Crippen LogP contribution in [0.1, 0.15) is 56.9 Å². The topological polar surface area (TPSA) is 116 Å². The first-order valence-corrected chi connectivity index (χ1v) is 19.6. The molecule has 0 aliphatic carbocycles. The maximum absolute atomic E-state index is 13.1. The Bertz CT molecular complexity index is 1050. The van der Waals surface area contributed by atoms with E-state index in [2.05, 4.69) is 61.4 Å². The Morgan fingerprint density at radius 2 is 1.90 bits per heavy atom. The maximum Gasteiger partial charge on any atom is 0.216 e. The van der Waals surface area contributed by atoms with Crippen LogP contribution in [-0.4, -0.2) is 65.1 Å². The van der Waals surface area contributed by atoms with Gasteiger partial charge in [-0.1, -0.05) is 24.8 Å². The van der Waals surface area contributed by atoms with Crippen LogP contribution in [0.3, 0.4) is 0 Å². The van der Waals surface area contributed by atoms with E-state index in [9.17, 15) is 4.55 Å². The maximum atomic E-state index is 13.1. The molecule has 0 bridgehead atoms. The van der Waals surface area contributed by atoms with E-state index in [1.165, 1.54) is 0 Å². The molecule has 1 saturated heterocycles. The van der Waals surface area contributed by atoms with E-state index in [-0.39, 0.29) is 6.61 Å². The summed E-state index contributed by atoms with van der Waals surface area (Å²) < 4.78 is 48.5. The highest BCUT2D eigenvalue weighted by Crippen LogP contribution is 2.36. The third-order valence-corrected chi connectivity index (χ3v) is 11.3. The molecule has 2 atom stereocenters. The molecule has 2 aromatic rings. The molecule has 39 heavy (non-hydrogen) atoms. The number of aromatic nitrogens is 3. The number of nitrogens with one attached hydrogen (secondary N) is 1. The van der Waals surface area contributed by atoms with Crippen molar-refractivity contribution in [2.75, 3.05) is 33.0 Å². The molecular formula is C25H42Br2N4O6SSi. The number of hydrogen-bond acceptors (Lipinski definition) is 9. The number of ether oxygens (including phenoxy) is 4. The predicted octanol–water partition coefficient (Wildman–Crippen LogP) is 5.81. The summed E-state index contributed by atoms with van der Waals surface area (Å²) in [5, 5.41) is 4.12. The molecule has 14 heteroatoms. The molecule has 1 aliphatic rings. The molecule has 0 saturated carbocycles. The van der Waals surface area contributed by atoms with Crippen molar-refractivity contribution in [2.45, 2.75) is 89.5 Å². The van der Waals surface area contributed by atoms with Crippen LogP contribution < -0.4 is 4.72 Å². The Kier molecular flexibility index (Phi) is 12.1. The van der Waals surface area contributed by atoms with Gasteiger partial charge in [0.2, 0.25) is 5.79 Å². The average Bonchev–Trinajstić information content (AvgIpc) is 3.56. The molecule has 222 valence electrons. The number of nitrogens with zero attached hydrogens (tertiary/aromatic N) is 3. The van der Waals surface area contributed by atoms with Gasteiger partial charge in [0.05, 0.1) is 19.8 Å². The summed E-state index contributed by atoms with van der Waals surface area (Å²) in [4.78, 5) is 4.71. The van der Waals surface area contributed by atoms with Crippen LogP contribution in [0.5, 0.6) is 0 Å². The Morgan fingerprint density at radius 1 is 1.21 bits per heavy atom. The summed E-state index contributed by atoms with van der Waals surface area (Å²) in [6.45, 7) is 17.3. The standard InChI is InChI=1S/C25H42Br2N4O6SSi/c1-18-15-20(29-37-18)25(35-11-12-36-25)9-8-10-33-16-19(30-38(32)24(2,3)4)23-28-21(26)22(27)31(23)17-34-13-14-39(5,6)7/h15,19,30H,8-14,16-17H2,1-7H3/t19?,38-/m1/s1. The van der Waals surface area contributed by atoms with Gasteiger partial charge >= 0.3 is 0 Å². The molecule has 1 fully saturated rings. The monoisotopic (exact) mass is 712 g/mol. The molecule has 3 rings (SSSR count). The SMILES string of the molecule is Cc1cc(C2(CCCOCC(N[S@+]([O-])C(C)(C)C)c3nc(Br)c(Br)n3COCC[Si](C)(C)C)OCCO2)no1. The van der Waals surface area contributed by atoms with E-state index in [4.69, 9.17) is 28.5 Å². The smallest absolute Gasteiger partial charge is 0.216 e. The lowest BCUT2D eigenvalue weighted by Gasteiger charge is -2.28. The zero-order valence-electron chi connectivity index (χ0n) is 24.0. The Balaban J connectivity index is 1.66. The van der Waals surface area contributed by atoms with Gasteiger partial charge in [0.1, 0.15) is 44.0 Å². The third-order valence-electron chi connectivity index (χ3n) is 6.08. The Hall–Kier alpha value is -0.293. The van der Waals surface area contributed by atoms with E-state index in [0.717, 1.165) is 10.6 Å². The van der Waals surface area contributed by atoms with Gasteiger partial charge in [0.25, 0.3) is 0 Å². The van der Waals surface area contributed by atoms with Crippen molar-refractivity contribution < 1.29 is 28.0 Å². The van der Waals surface area contributed by atoms with Crippen LogP contribution in [0.15, 0.2) is 19.8 Å². The largest absolute Gasteiger partial charge is 0.598 e. The Morgan fingerprint density at radius 3 is 2.49 bits per heavy atom. The number of rotatable bonds is 15. The Labute approximate surface area is 252 Å². The molecule has 1 aliphatic heterocycles. The summed E-state index contributed by atoms with van der Waals surface area (Å²) in [7, 11) is -1.21. The number of hydrogen-bond donors (Lipinski definition) is 1. The fraction of sp³-hybridized carbons (Fsp3) is 0.760. The van der Waals surface area contributed by atoms with E-state index >= 15 is 0 Å². The normalized spacial score (nSPS) is 17.6. The molecule has 1 unspecified atom stereocenters. The van der Waals surface area contributed by atoms with E-state index in [1.807, 2.05) is 38.3 Å². The second-order valence-electron chi connectivity index (χ2n) is 11.8. The van der Waals surface area contributed by atoms with Gasteiger partial charge in [0, 0.05) is 45.1 Å². The summed E-state index contributed by atoms with van der Waals surface area (Å²) in [6, 6.07) is 2.48. The highest BCUT2D eigenvalue weighted by molar-refractivity contribution is 9.13. The van der Waals surface area contributed by atoms with Gasteiger partial charge in [-0.05, 0) is 72.0 Å². The van der Waals surface area contributed by atoms with Crippen molar-refractivity contribution in [3.8, 4) is 0 Å². The molecule has 2 aromatic heterocycles. The minimum absolute atomic E-state index is 0.268. The highest BCUT2D eigenvalue weighted by atomic mass is 79.9. The van der Waals surface area contributed by atoms with Gasteiger partial charge < -0.3 is 28.0 Å². The minimum atomic E-state index is -1.34. The van der Waals surface area contributed by atoms with Gasteiger partial charge in [-0.2, -0.15) is 0 Å². The molecule has 0 radical (unpaired) electrons. The van der Waals surface area contributed by atoms with Crippen LogP contribution in [0.25, 0.3) is 0 Å². The third kappa shape index (κ3) is 9.62. The van der Waals surface area contributed by atoms with Crippen molar-refractivity contribution in [2.24, 2.45) is 0 Å². The van der Waals surface area contributed by atoms with Crippen LogP contribution in [0.4, 0.5) is 0 Å². The van der Waals surface area contributed by atoms with Gasteiger partial charge in [-0.15, -0.1) is 4.72 Å². The fourth-order valence-electron chi connectivity index (χ4n) is 3.84. The summed E-state index contributed by atoms with van der Waals surface area (Å²) in [5.41, 5.74) is 0.642. The van der Waals surface area contributed by atoms with Crippen molar-refractivity contribution in [1.82, 2.24) is 19.4 Å². The molecule has 1 N–H and O–H groups in total. The molecule has 0 aromatic carbocycles. The summed E-state index contributed by atoms with van der Waals surface area (Å²) >= 11 is 5.81. The molecule has 0 spiro atoms. The van der Waals surface area contributed by atoms with E-state index in [1.54, 1.807) is 0 Å². The lowest BCUT2D eigenvalue weighted by atomic mass is 10.1. The van der Waals surface area contributed by atoms with Crippen LogP contribution in [-0.2, 0) is 42.8 Å². The fourth-order valence-corrected chi connectivity index (χ4v) is 6.15. The van der Waals surface area contributed by atoms with Gasteiger partial charge in [-0.25, -0.2) is 4.98 Å². The first-order chi connectivity index (χ1) is 18.2. The number of halogens is 2. The van der Waals surface area contributed by atoms with E-state index in [0.29, 0.717) is 67.9 Å². The van der Waals surface area contributed by atoms with Crippen molar-refractivity contribution in [3.05, 3.63) is 32.6 Å². The summed E-state index contributed by atoms with van der Waals surface area (Å²) in [6.07, 6.45) is 1.24. The number of aryl methyl sites for hydroxylation is 1. The molecule has 3 heterocycles. The van der Waals surface area contributed by atoms with Crippen LogP contribution in [0, 0.1) is 6.92 Å². The first kappa shape index (κ1) is 33.2. The van der Waals surface area contributed by atoms with Crippen molar-refractivity contribution in [1.29, 1.82) is 0 Å². The zero-order valence-corrected chi connectivity index (χ0v) is 29.0. The van der Waals surface area contributed by atoms with Crippen molar-refractivity contribution in [3.63, 3.8) is 0 Å². The van der Waals surface area contributed by atoms with Crippen molar-refractivity contribution >= 4 is 51.3 Å². The van der Waals surface area contributed by atoms with Gasteiger partial charge in [0.15, 0.2) is 0 Å².